The first kappa shape index (κ1) is 21.8. The Hall–Kier alpha value is -1.50. The molecule has 0 saturated carbocycles. The summed E-state index contributed by atoms with van der Waals surface area (Å²) in [4.78, 5) is 26.3. The Balaban J connectivity index is 0.00000261. The molecule has 3 rings (SSSR count). The molecule has 2 aliphatic rings. The SMILES string of the molecule is Cl.O=C(NCC1CCCN(C(=O)COc2ccc(Cl)cc2)C1)C1CCCN1. The lowest BCUT2D eigenvalue weighted by Crippen LogP contribution is -2.47. The van der Waals surface area contributed by atoms with Crippen LogP contribution in [0.2, 0.25) is 5.02 Å². The number of benzene rings is 1. The van der Waals surface area contributed by atoms with Crippen molar-refractivity contribution in [1.82, 2.24) is 15.5 Å². The first-order chi connectivity index (χ1) is 12.6. The number of likely N-dealkylation sites (tertiary alicyclic amines) is 1. The Kier molecular flexibility index (Phi) is 8.67. The van der Waals surface area contributed by atoms with E-state index in [2.05, 4.69) is 10.6 Å². The zero-order valence-corrected chi connectivity index (χ0v) is 16.9. The molecule has 0 radical (unpaired) electrons. The molecule has 8 heteroatoms. The average Bonchev–Trinajstić information content (AvgIpc) is 3.20. The maximum Gasteiger partial charge on any atom is 0.260 e. The predicted octanol–water partition coefficient (Wildman–Crippen LogP) is 2.25. The van der Waals surface area contributed by atoms with Gasteiger partial charge in [-0.2, -0.15) is 0 Å². The van der Waals surface area contributed by atoms with Gasteiger partial charge in [-0.3, -0.25) is 9.59 Å². The van der Waals surface area contributed by atoms with Crippen molar-refractivity contribution in [2.75, 3.05) is 32.8 Å². The van der Waals surface area contributed by atoms with Gasteiger partial charge in [-0.25, -0.2) is 0 Å². The lowest BCUT2D eigenvalue weighted by molar-refractivity contribution is -0.135. The van der Waals surface area contributed by atoms with E-state index in [0.29, 0.717) is 29.8 Å². The standard InChI is InChI=1S/C19H26ClN3O3.ClH/c20-15-5-7-16(8-6-15)26-13-18(24)23-10-2-3-14(12-23)11-22-19(25)17-4-1-9-21-17;/h5-8,14,17,21H,1-4,9-13H2,(H,22,25);1H. The molecule has 2 N–H and O–H groups in total. The number of nitrogens with zero attached hydrogens (tertiary/aromatic N) is 1. The van der Waals surface area contributed by atoms with E-state index in [1.807, 2.05) is 4.90 Å². The van der Waals surface area contributed by atoms with Crippen molar-refractivity contribution in [1.29, 1.82) is 0 Å². The maximum absolute atomic E-state index is 12.4. The van der Waals surface area contributed by atoms with Gasteiger partial charge in [0.1, 0.15) is 5.75 Å². The molecular formula is C19H27Cl2N3O3. The fourth-order valence-electron chi connectivity index (χ4n) is 3.50. The molecule has 2 fully saturated rings. The molecule has 27 heavy (non-hydrogen) atoms. The maximum atomic E-state index is 12.4. The first-order valence-corrected chi connectivity index (χ1v) is 9.67. The second kappa shape index (κ2) is 10.7. The molecule has 6 nitrogen and oxygen atoms in total. The fourth-order valence-corrected chi connectivity index (χ4v) is 3.63. The number of carbonyl (C=O) groups excluding carboxylic acids is 2. The molecule has 0 aliphatic carbocycles. The van der Waals surface area contributed by atoms with Crippen molar-refractivity contribution in [3.63, 3.8) is 0 Å². The summed E-state index contributed by atoms with van der Waals surface area (Å²) in [5, 5.41) is 6.88. The molecule has 2 unspecified atom stereocenters. The molecule has 2 amide bonds. The van der Waals surface area contributed by atoms with E-state index >= 15 is 0 Å². The highest BCUT2D eigenvalue weighted by molar-refractivity contribution is 6.30. The monoisotopic (exact) mass is 415 g/mol. The van der Waals surface area contributed by atoms with Crippen LogP contribution in [0.4, 0.5) is 0 Å². The summed E-state index contributed by atoms with van der Waals surface area (Å²) in [5.41, 5.74) is 0. The number of carbonyl (C=O) groups is 2. The number of nitrogens with one attached hydrogen (secondary N) is 2. The molecule has 1 aromatic rings. The number of amides is 2. The highest BCUT2D eigenvalue weighted by Gasteiger charge is 2.26. The summed E-state index contributed by atoms with van der Waals surface area (Å²) in [6.45, 7) is 2.97. The van der Waals surface area contributed by atoms with Gasteiger partial charge in [0.25, 0.3) is 5.91 Å². The van der Waals surface area contributed by atoms with Gasteiger partial charge >= 0.3 is 0 Å². The number of piperidine rings is 1. The Labute approximate surface area is 171 Å². The Morgan fingerprint density at radius 1 is 1.22 bits per heavy atom. The quantitative estimate of drug-likeness (QED) is 0.747. The number of ether oxygens (including phenoxy) is 1. The second-order valence-corrected chi connectivity index (χ2v) is 7.42. The Bertz CT molecular complexity index is 621. The van der Waals surface area contributed by atoms with Crippen molar-refractivity contribution in [2.24, 2.45) is 5.92 Å². The molecule has 2 atom stereocenters. The number of hydrogen-bond donors (Lipinski definition) is 2. The van der Waals surface area contributed by atoms with Gasteiger partial charge in [0, 0.05) is 24.7 Å². The van der Waals surface area contributed by atoms with Crippen LogP contribution in [0, 0.1) is 5.92 Å². The smallest absolute Gasteiger partial charge is 0.260 e. The van der Waals surface area contributed by atoms with Crippen molar-refractivity contribution >= 4 is 35.8 Å². The Morgan fingerprint density at radius 3 is 2.70 bits per heavy atom. The zero-order valence-electron chi connectivity index (χ0n) is 15.3. The van der Waals surface area contributed by atoms with E-state index < -0.39 is 0 Å². The molecule has 2 saturated heterocycles. The number of hydrogen-bond acceptors (Lipinski definition) is 4. The molecule has 150 valence electrons. The van der Waals surface area contributed by atoms with Crippen LogP contribution in [0.5, 0.6) is 5.75 Å². The number of rotatable bonds is 6. The molecule has 0 bridgehead atoms. The van der Waals surface area contributed by atoms with Gasteiger partial charge in [0.2, 0.25) is 5.91 Å². The first-order valence-electron chi connectivity index (χ1n) is 9.29. The molecule has 0 spiro atoms. The topological polar surface area (TPSA) is 70.7 Å². The van der Waals surface area contributed by atoms with Crippen LogP contribution in [-0.4, -0.2) is 55.5 Å². The summed E-state index contributed by atoms with van der Waals surface area (Å²) < 4.78 is 5.55. The van der Waals surface area contributed by atoms with E-state index in [1.54, 1.807) is 24.3 Å². The average molecular weight is 416 g/mol. The summed E-state index contributed by atoms with van der Waals surface area (Å²) in [5.74, 6) is 0.992. The Morgan fingerprint density at radius 2 is 2.00 bits per heavy atom. The van der Waals surface area contributed by atoms with E-state index in [1.165, 1.54) is 0 Å². The van der Waals surface area contributed by atoms with Crippen molar-refractivity contribution in [3.05, 3.63) is 29.3 Å². The van der Waals surface area contributed by atoms with Crippen molar-refractivity contribution < 1.29 is 14.3 Å². The molecule has 0 aromatic heterocycles. The molecule has 1 aromatic carbocycles. The normalized spacial score (nSPS) is 22.0. The van der Waals surface area contributed by atoms with E-state index in [9.17, 15) is 9.59 Å². The van der Waals surface area contributed by atoms with Crippen molar-refractivity contribution in [3.8, 4) is 5.75 Å². The number of halogens is 2. The third-order valence-corrected chi connectivity index (χ3v) is 5.24. The van der Waals surface area contributed by atoms with Crippen LogP contribution in [0.15, 0.2) is 24.3 Å². The minimum Gasteiger partial charge on any atom is -0.484 e. The summed E-state index contributed by atoms with van der Waals surface area (Å²) in [6.07, 6.45) is 3.94. The van der Waals surface area contributed by atoms with Crippen LogP contribution < -0.4 is 15.4 Å². The van der Waals surface area contributed by atoms with Gasteiger partial charge in [0.05, 0.1) is 6.04 Å². The van der Waals surface area contributed by atoms with Gasteiger partial charge in [-0.15, -0.1) is 12.4 Å². The molecule has 2 aliphatic heterocycles. The second-order valence-electron chi connectivity index (χ2n) is 6.98. The highest BCUT2D eigenvalue weighted by atomic mass is 35.5. The summed E-state index contributed by atoms with van der Waals surface area (Å²) in [6, 6.07) is 6.92. The van der Waals surface area contributed by atoms with Crippen LogP contribution in [-0.2, 0) is 9.59 Å². The van der Waals surface area contributed by atoms with E-state index in [0.717, 1.165) is 38.8 Å². The minimum absolute atomic E-state index is 0. The van der Waals surface area contributed by atoms with Crippen LogP contribution in [0.25, 0.3) is 0 Å². The van der Waals surface area contributed by atoms with Gasteiger partial charge in [-0.1, -0.05) is 11.6 Å². The van der Waals surface area contributed by atoms with Crippen LogP contribution in [0.1, 0.15) is 25.7 Å². The lowest BCUT2D eigenvalue weighted by Gasteiger charge is -2.33. The van der Waals surface area contributed by atoms with E-state index in [-0.39, 0.29) is 36.9 Å². The van der Waals surface area contributed by atoms with Gasteiger partial charge in [0.15, 0.2) is 6.61 Å². The third kappa shape index (κ3) is 6.55. The fraction of sp³-hybridized carbons (Fsp3) is 0.579. The molecular weight excluding hydrogens is 389 g/mol. The minimum atomic E-state index is -0.0518. The zero-order chi connectivity index (χ0) is 18.4. The van der Waals surface area contributed by atoms with E-state index in [4.69, 9.17) is 16.3 Å². The summed E-state index contributed by atoms with van der Waals surface area (Å²) in [7, 11) is 0. The highest BCUT2D eigenvalue weighted by Crippen LogP contribution is 2.18. The van der Waals surface area contributed by atoms with Gasteiger partial charge in [-0.05, 0) is 62.4 Å². The predicted molar refractivity (Wildman–Crippen MR) is 108 cm³/mol. The van der Waals surface area contributed by atoms with Gasteiger partial charge < -0.3 is 20.3 Å². The summed E-state index contributed by atoms with van der Waals surface area (Å²) >= 11 is 5.84. The lowest BCUT2D eigenvalue weighted by atomic mass is 9.97. The largest absolute Gasteiger partial charge is 0.484 e. The third-order valence-electron chi connectivity index (χ3n) is 4.99. The molecule has 2 heterocycles. The van der Waals surface area contributed by atoms with Crippen LogP contribution >= 0.6 is 24.0 Å². The van der Waals surface area contributed by atoms with Crippen LogP contribution in [0.3, 0.4) is 0 Å². The van der Waals surface area contributed by atoms with Crippen molar-refractivity contribution in [2.45, 2.75) is 31.7 Å².